The Bertz CT molecular complexity index is 683. The van der Waals surface area contributed by atoms with E-state index in [9.17, 15) is 9.59 Å². The molecule has 0 saturated carbocycles. The second-order valence-electron chi connectivity index (χ2n) is 5.11. The molecule has 0 bridgehead atoms. The average Bonchev–Trinajstić information content (AvgIpc) is 2.95. The molecule has 1 N–H and O–H groups in total. The lowest BCUT2D eigenvalue weighted by molar-refractivity contribution is -0.127. The molecule has 1 atom stereocenters. The van der Waals surface area contributed by atoms with Gasteiger partial charge < -0.3 is 14.7 Å². The first-order chi connectivity index (χ1) is 10.6. The summed E-state index contributed by atoms with van der Waals surface area (Å²) in [5.41, 5.74) is 0.559. The third kappa shape index (κ3) is 2.83. The molecule has 2 heterocycles. The molecule has 1 aliphatic rings. The van der Waals surface area contributed by atoms with Crippen LogP contribution in [0, 0.1) is 6.92 Å². The predicted octanol–water partition coefficient (Wildman–Crippen LogP) is 0.561. The molecule has 2 amide bonds. The summed E-state index contributed by atoms with van der Waals surface area (Å²) in [7, 11) is 0. The molecule has 1 aromatic heterocycles. The third-order valence-electron chi connectivity index (χ3n) is 3.55. The molecule has 3 rings (SSSR count). The van der Waals surface area contributed by atoms with Gasteiger partial charge in [0.15, 0.2) is 5.82 Å². The Kier molecular flexibility index (Phi) is 3.86. The molecular weight excluding hydrogens is 284 g/mol. The van der Waals surface area contributed by atoms with E-state index in [1.165, 1.54) is 0 Å². The highest BCUT2D eigenvalue weighted by molar-refractivity contribution is 5.98. The Morgan fingerprint density at radius 3 is 2.86 bits per heavy atom. The smallest absolute Gasteiger partial charge is 0.254 e. The summed E-state index contributed by atoms with van der Waals surface area (Å²) < 4.78 is 5.07. The number of piperazine rings is 1. The number of aromatic nitrogens is 2. The van der Waals surface area contributed by atoms with Crippen molar-refractivity contribution in [2.45, 2.75) is 19.4 Å². The number of carbonyl (C=O) groups excluding carboxylic acids is 2. The highest BCUT2D eigenvalue weighted by atomic mass is 16.5. The number of carbonyl (C=O) groups is 2. The lowest BCUT2D eigenvalue weighted by atomic mass is 10.1. The van der Waals surface area contributed by atoms with Crippen LogP contribution in [0.5, 0.6) is 0 Å². The number of aryl methyl sites for hydroxylation is 1. The number of hydrogen-bond acceptors (Lipinski definition) is 5. The van der Waals surface area contributed by atoms with Crippen LogP contribution < -0.4 is 5.32 Å². The van der Waals surface area contributed by atoms with Crippen LogP contribution in [0.1, 0.15) is 22.1 Å². The van der Waals surface area contributed by atoms with Crippen LogP contribution in [0.25, 0.3) is 0 Å². The summed E-state index contributed by atoms with van der Waals surface area (Å²) >= 11 is 0. The van der Waals surface area contributed by atoms with E-state index in [1.54, 1.807) is 36.1 Å². The first kappa shape index (κ1) is 14.2. The summed E-state index contributed by atoms with van der Waals surface area (Å²) in [4.78, 5) is 30.5. The van der Waals surface area contributed by atoms with Gasteiger partial charge in [-0.15, -0.1) is 0 Å². The van der Waals surface area contributed by atoms with Gasteiger partial charge in [-0.1, -0.05) is 23.4 Å². The molecule has 0 aliphatic carbocycles. The van der Waals surface area contributed by atoms with E-state index >= 15 is 0 Å². The van der Waals surface area contributed by atoms with Gasteiger partial charge in [0, 0.05) is 18.7 Å². The standard InChI is InChI=1S/C15H16N4O3/c1-10-17-13(22-18-10)9-12-14(20)16-7-8-19(12)15(21)11-5-3-2-4-6-11/h2-6,12H,7-9H2,1H3,(H,16,20). The van der Waals surface area contributed by atoms with Crippen molar-refractivity contribution in [2.24, 2.45) is 0 Å². The van der Waals surface area contributed by atoms with Crippen molar-refractivity contribution in [3.63, 3.8) is 0 Å². The van der Waals surface area contributed by atoms with Crippen LogP contribution in [0.3, 0.4) is 0 Å². The maximum atomic E-state index is 12.6. The van der Waals surface area contributed by atoms with Crippen LogP contribution in [0.15, 0.2) is 34.9 Å². The molecule has 0 spiro atoms. The van der Waals surface area contributed by atoms with Crippen molar-refractivity contribution in [3.05, 3.63) is 47.6 Å². The van der Waals surface area contributed by atoms with Crippen molar-refractivity contribution < 1.29 is 14.1 Å². The minimum Gasteiger partial charge on any atom is -0.353 e. The Labute approximate surface area is 127 Å². The van der Waals surface area contributed by atoms with Crippen molar-refractivity contribution in [1.29, 1.82) is 0 Å². The topological polar surface area (TPSA) is 88.3 Å². The van der Waals surface area contributed by atoms with Gasteiger partial charge in [-0.05, 0) is 19.1 Å². The molecule has 7 heteroatoms. The third-order valence-corrected chi connectivity index (χ3v) is 3.55. The Morgan fingerprint density at radius 1 is 1.41 bits per heavy atom. The first-order valence-electron chi connectivity index (χ1n) is 7.08. The molecule has 22 heavy (non-hydrogen) atoms. The minimum atomic E-state index is -0.638. The van der Waals surface area contributed by atoms with E-state index in [0.29, 0.717) is 30.4 Å². The largest absolute Gasteiger partial charge is 0.353 e. The van der Waals surface area contributed by atoms with Crippen molar-refractivity contribution in [3.8, 4) is 0 Å². The molecule has 1 aromatic carbocycles. The van der Waals surface area contributed by atoms with Crippen molar-refractivity contribution in [2.75, 3.05) is 13.1 Å². The minimum absolute atomic E-state index is 0.170. The average molecular weight is 300 g/mol. The van der Waals surface area contributed by atoms with Gasteiger partial charge in [-0.2, -0.15) is 4.98 Å². The number of nitrogens with one attached hydrogen (secondary N) is 1. The number of hydrogen-bond donors (Lipinski definition) is 1. The fraction of sp³-hybridized carbons (Fsp3) is 0.333. The molecule has 7 nitrogen and oxygen atoms in total. The molecule has 0 radical (unpaired) electrons. The second kappa shape index (κ2) is 5.97. The van der Waals surface area contributed by atoms with Gasteiger partial charge in [0.1, 0.15) is 6.04 Å². The zero-order valence-electron chi connectivity index (χ0n) is 12.2. The number of nitrogens with zero attached hydrogens (tertiary/aromatic N) is 3. The maximum absolute atomic E-state index is 12.6. The summed E-state index contributed by atoms with van der Waals surface area (Å²) in [6.45, 7) is 2.61. The van der Waals surface area contributed by atoms with Crippen LogP contribution >= 0.6 is 0 Å². The van der Waals surface area contributed by atoms with Crippen LogP contribution in [-0.4, -0.2) is 46.0 Å². The van der Waals surface area contributed by atoms with E-state index in [2.05, 4.69) is 15.5 Å². The summed E-state index contributed by atoms with van der Waals surface area (Å²) in [5, 5.41) is 6.49. The Morgan fingerprint density at radius 2 is 2.18 bits per heavy atom. The summed E-state index contributed by atoms with van der Waals surface area (Å²) in [5.74, 6) is 0.487. The van der Waals surface area contributed by atoms with Crippen LogP contribution in [-0.2, 0) is 11.2 Å². The zero-order valence-corrected chi connectivity index (χ0v) is 12.2. The molecule has 1 aliphatic heterocycles. The molecule has 114 valence electrons. The number of rotatable bonds is 3. The number of benzene rings is 1. The molecule has 1 fully saturated rings. The SMILES string of the molecule is Cc1noc(CC2C(=O)NCCN2C(=O)c2ccccc2)n1. The lowest BCUT2D eigenvalue weighted by Crippen LogP contribution is -2.58. The van der Waals surface area contributed by atoms with Crippen LogP contribution in [0.2, 0.25) is 0 Å². The van der Waals surface area contributed by atoms with Gasteiger partial charge in [0.05, 0.1) is 6.42 Å². The highest BCUT2D eigenvalue weighted by Gasteiger charge is 2.34. The van der Waals surface area contributed by atoms with E-state index < -0.39 is 6.04 Å². The normalized spacial score (nSPS) is 18.1. The summed E-state index contributed by atoms with van der Waals surface area (Å²) in [6.07, 6.45) is 0.214. The fourth-order valence-corrected chi connectivity index (χ4v) is 2.50. The second-order valence-corrected chi connectivity index (χ2v) is 5.11. The molecule has 1 saturated heterocycles. The first-order valence-corrected chi connectivity index (χ1v) is 7.08. The Hall–Kier alpha value is -2.70. The highest BCUT2D eigenvalue weighted by Crippen LogP contribution is 2.15. The van der Waals surface area contributed by atoms with E-state index in [4.69, 9.17) is 4.52 Å². The summed E-state index contributed by atoms with van der Waals surface area (Å²) in [6, 6.07) is 8.28. The van der Waals surface area contributed by atoms with Crippen molar-refractivity contribution >= 4 is 11.8 Å². The van der Waals surface area contributed by atoms with Gasteiger partial charge in [0.2, 0.25) is 11.8 Å². The lowest BCUT2D eigenvalue weighted by Gasteiger charge is -2.34. The van der Waals surface area contributed by atoms with Gasteiger partial charge >= 0.3 is 0 Å². The fourth-order valence-electron chi connectivity index (χ4n) is 2.50. The predicted molar refractivity (Wildman–Crippen MR) is 77.0 cm³/mol. The van der Waals surface area contributed by atoms with Crippen molar-refractivity contribution in [1.82, 2.24) is 20.4 Å². The quantitative estimate of drug-likeness (QED) is 0.895. The van der Waals surface area contributed by atoms with E-state index in [1.807, 2.05) is 6.07 Å². The maximum Gasteiger partial charge on any atom is 0.254 e. The monoisotopic (exact) mass is 300 g/mol. The Balaban J connectivity index is 1.83. The van der Waals surface area contributed by atoms with Crippen LogP contribution in [0.4, 0.5) is 0 Å². The van der Waals surface area contributed by atoms with E-state index in [0.717, 1.165) is 0 Å². The van der Waals surface area contributed by atoms with E-state index in [-0.39, 0.29) is 18.2 Å². The van der Waals surface area contributed by atoms with Gasteiger partial charge in [-0.3, -0.25) is 9.59 Å². The molecule has 1 unspecified atom stereocenters. The van der Waals surface area contributed by atoms with Gasteiger partial charge in [0.25, 0.3) is 5.91 Å². The van der Waals surface area contributed by atoms with Gasteiger partial charge in [-0.25, -0.2) is 0 Å². The number of amides is 2. The zero-order chi connectivity index (χ0) is 15.5. The molecule has 2 aromatic rings. The molecular formula is C15H16N4O3.